The van der Waals surface area contributed by atoms with E-state index in [0.29, 0.717) is 16.1 Å². The molecule has 2 heterocycles. The first-order valence-corrected chi connectivity index (χ1v) is 12.0. The van der Waals surface area contributed by atoms with E-state index in [1.165, 1.54) is 12.1 Å². The topological polar surface area (TPSA) is 125 Å². The van der Waals surface area contributed by atoms with Crippen molar-refractivity contribution in [2.75, 3.05) is 4.72 Å². The van der Waals surface area contributed by atoms with Gasteiger partial charge in [0.15, 0.2) is 0 Å². The van der Waals surface area contributed by atoms with E-state index in [-0.39, 0.29) is 16.1 Å². The number of aromatic nitrogens is 3. The van der Waals surface area contributed by atoms with Gasteiger partial charge < -0.3 is 9.97 Å². The van der Waals surface area contributed by atoms with E-state index in [1.54, 1.807) is 37.5 Å². The summed E-state index contributed by atoms with van der Waals surface area (Å²) in [6, 6.07) is 15.5. The molecule has 2 aromatic heterocycles. The van der Waals surface area contributed by atoms with Gasteiger partial charge in [-0.3, -0.25) is 19.3 Å². The molecule has 8 nitrogen and oxygen atoms in total. The Kier molecular flexibility index (Phi) is 5.22. The molecule has 0 unspecified atom stereocenters. The first kappa shape index (κ1) is 21.9. The van der Waals surface area contributed by atoms with Crippen molar-refractivity contribution in [2.45, 2.75) is 11.8 Å². The van der Waals surface area contributed by atoms with Crippen LogP contribution in [0.15, 0.2) is 81.5 Å². The summed E-state index contributed by atoms with van der Waals surface area (Å²) >= 11 is 6.51. The number of rotatable bonds is 4. The second kappa shape index (κ2) is 8.12. The molecule has 0 aliphatic rings. The van der Waals surface area contributed by atoms with Crippen LogP contribution in [0, 0.1) is 6.92 Å². The molecule has 3 aromatic carbocycles. The summed E-state index contributed by atoms with van der Waals surface area (Å²) in [7, 11) is -4.01. The number of nitrogens with one attached hydrogen (secondary N) is 3. The molecule has 0 bridgehead atoms. The zero-order valence-corrected chi connectivity index (χ0v) is 19.3. The molecule has 0 spiro atoms. The van der Waals surface area contributed by atoms with Crippen molar-refractivity contribution in [3.05, 3.63) is 98.3 Å². The van der Waals surface area contributed by atoms with Gasteiger partial charge in [0.05, 0.1) is 26.6 Å². The van der Waals surface area contributed by atoms with Crippen LogP contribution in [-0.2, 0) is 10.0 Å². The number of sulfonamides is 1. The average molecular weight is 493 g/mol. The number of fused-ring (bicyclic) bond motifs is 2. The van der Waals surface area contributed by atoms with E-state index >= 15 is 0 Å². The molecule has 0 fully saturated rings. The van der Waals surface area contributed by atoms with Gasteiger partial charge in [0.1, 0.15) is 0 Å². The second-order valence-electron chi connectivity index (χ2n) is 7.81. The summed E-state index contributed by atoms with van der Waals surface area (Å²) in [4.78, 5) is 32.1. The second-order valence-corrected chi connectivity index (χ2v) is 9.87. The monoisotopic (exact) mass is 492 g/mol. The lowest BCUT2D eigenvalue weighted by molar-refractivity contribution is 0.600. The molecule has 10 heteroatoms. The first-order chi connectivity index (χ1) is 16.2. The minimum absolute atomic E-state index is 0.0361. The smallest absolute Gasteiger partial charge is 0.314 e. The van der Waals surface area contributed by atoms with Crippen molar-refractivity contribution in [2.24, 2.45) is 0 Å². The van der Waals surface area contributed by atoms with Gasteiger partial charge in [-0.2, -0.15) is 0 Å². The van der Waals surface area contributed by atoms with Gasteiger partial charge in [-0.1, -0.05) is 29.8 Å². The van der Waals surface area contributed by atoms with E-state index in [0.717, 1.165) is 21.9 Å². The highest BCUT2D eigenvalue weighted by Crippen LogP contribution is 2.33. The van der Waals surface area contributed by atoms with Crippen LogP contribution in [0.1, 0.15) is 5.56 Å². The maximum Gasteiger partial charge on any atom is 0.314 e. The summed E-state index contributed by atoms with van der Waals surface area (Å²) in [6.45, 7) is 1.60. The minimum Gasteiger partial charge on any atom is -0.316 e. The third kappa shape index (κ3) is 3.95. The molecule has 0 amide bonds. The van der Waals surface area contributed by atoms with Crippen LogP contribution >= 0.6 is 11.6 Å². The van der Waals surface area contributed by atoms with Crippen molar-refractivity contribution < 1.29 is 8.42 Å². The molecule has 170 valence electrons. The number of pyridine rings is 1. The maximum absolute atomic E-state index is 13.1. The van der Waals surface area contributed by atoms with Gasteiger partial charge in [-0.05, 0) is 59.8 Å². The van der Waals surface area contributed by atoms with Crippen molar-refractivity contribution >= 4 is 49.1 Å². The summed E-state index contributed by atoms with van der Waals surface area (Å²) in [5.41, 5.74) is 1.20. The normalized spacial score (nSPS) is 11.7. The molecule has 5 aromatic rings. The van der Waals surface area contributed by atoms with E-state index in [4.69, 9.17) is 11.6 Å². The summed E-state index contributed by atoms with van der Waals surface area (Å²) in [6.07, 6.45) is 3.49. The Bertz CT molecular complexity index is 1830. The van der Waals surface area contributed by atoms with Crippen LogP contribution < -0.4 is 15.8 Å². The fourth-order valence-corrected chi connectivity index (χ4v) is 5.41. The van der Waals surface area contributed by atoms with Crippen LogP contribution in [0.2, 0.25) is 5.02 Å². The van der Waals surface area contributed by atoms with Gasteiger partial charge in [0, 0.05) is 23.3 Å². The largest absolute Gasteiger partial charge is 0.316 e. The summed E-state index contributed by atoms with van der Waals surface area (Å²) in [5.74, 6) is 0. The Morgan fingerprint density at radius 2 is 1.62 bits per heavy atom. The maximum atomic E-state index is 13.1. The molecule has 3 N–H and O–H groups in total. The highest BCUT2D eigenvalue weighted by Gasteiger charge is 2.19. The third-order valence-corrected chi connectivity index (χ3v) is 7.32. The number of aryl methyl sites for hydroxylation is 1. The molecule has 0 aliphatic carbocycles. The summed E-state index contributed by atoms with van der Waals surface area (Å²) in [5, 5.41) is 2.40. The van der Waals surface area contributed by atoms with Crippen LogP contribution in [0.25, 0.3) is 32.9 Å². The van der Waals surface area contributed by atoms with Crippen LogP contribution in [0.4, 0.5) is 5.69 Å². The van der Waals surface area contributed by atoms with E-state index < -0.39 is 21.1 Å². The lowest BCUT2D eigenvalue weighted by Gasteiger charge is -2.13. The molecule has 5 rings (SSSR count). The predicted molar refractivity (Wildman–Crippen MR) is 133 cm³/mol. The molecule has 0 saturated carbocycles. The summed E-state index contributed by atoms with van der Waals surface area (Å²) < 4.78 is 28.7. The fourth-order valence-electron chi connectivity index (χ4n) is 3.82. The zero-order valence-electron chi connectivity index (χ0n) is 17.7. The van der Waals surface area contributed by atoms with Crippen LogP contribution in [0.5, 0.6) is 0 Å². The molecular weight excluding hydrogens is 476 g/mol. The molecule has 34 heavy (non-hydrogen) atoms. The Hall–Kier alpha value is -3.95. The minimum atomic E-state index is -4.01. The van der Waals surface area contributed by atoms with Crippen molar-refractivity contribution in [1.29, 1.82) is 0 Å². The number of hydrogen-bond acceptors (Lipinski definition) is 5. The van der Waals surface area contributed by atoms with Crippen molar-refractivity contribution in [1.82, 2.24) is 15.0 Å². The van der Waals surface area contributed by atoms with Crippen LogP contribution in [0.3, 0.4) is 0 Å². The number of halogens is 1. The lowest BCUT2D eigenvalue weighted by atomic mass is 10.0. The highest BCUT2D eigenvalue weighted by molar-refractivity contribution is 7.92. The predicted octanol–water partition coefficient (Wildman–Crippen LogP) is 4.19. The highest BCUT2D eigenvalue weighted by atomic mass is 35.5. The number of benzene rings is 3. The average Bonchev–Trinajstić information content (AvgIpc) is 2.79. The molecular formula is C24H17ClN4O4S. The number of H-pyrrole nitrogens is 2. The van der Waals surface area contributed by atoms with Crippen molar-refractivity contribution in [3.63, 3.8) is 0 Å². The van der Waals surface area contributed by atoms with E-state index in [1.807, 2.05) is 24.3 Å². The number of aromatic amines is 2. The van der Waals surface area contributed by atoms with Crippen molar-refractivity contribution in [3.8, 4) is 11.1 Å². The molecule has 0 atom stereocenters. The van der Waals surface area contributed by atoms with E-state index in [2.05, 4.69) is 19.7 Å². The van der Waals surface area contributed by atoms with Gasteiger partial charge >= 0.3 is 11.1 Å². The fraction of sp³-hybridized carbons (Fsp3) is 0.0417. The molecule has 0 aliphatic heterocycles. The van der Waals surface area contributed by atoms with Gasteiger partial charge in [-0.25, -0.2) is 8.42 Å². The standard InChI is InChI=1S/C24H17ClN4O4S/c1-13-8-20-21(28-24(31)23(30)27-20)11-22(13)34(32,33)29-17-4-5-18(19(25)10-17)15-2-3-16-12-26-7-6-14(16)9-15/h2-12,29H,1H3,(H,27,30)(H,28,31). The third-order valence-electron chi connectivity index (χ3n) is 5.48. The quantitative estimate of drug-likeness (QED) is 0.324. The Balaban J connectivity index is 1.49. The van der Waals surface area contributed by atoms with Gasteiger partial charge in [0.2, 0.25) is 0 Å². The molecule has 0 saturated heterocycles. The Labute approximate surface area is 198 Å². The zero-order chi connectivity index (χ0) is 24.0. The number of nitrogens with zero attached hydrogens (tertiary/aromatic N) is 1. The number of hydrogen-bond donors (Lipinski definition) is 3. The first-order valence-electron chi connectivity index (χ1n) is 10.1. The van der Waals surface area contributed by atoms with Gasteiger partial charge in [0.25, 0.3) is 10.0 Å². The SMILES string of the molecule is Cc1cc2[nH]c(=O)c(=O)[nH]c2cc1S(=O)(=O)Nc1ccc(-c2ccc3cnccc3c2)c(Cl)c1. The number of anilines is 1. The Morgan fingerprint density at radius 1 is 0.882 bits per heavy atom. The van der Waals surface area contributed by atoms with Crippen LogP contribution in [-0.4, -0.2) is 23.4 Å². The Morgan fingerprint density at radius 3 is 2.35 bits per heavy atom. The lowest BCUT2D eigenvalue weighted by Crippen LogP contribution is -2.29. The van der Waals surface area contributed by atoms with Gasteiger partial charge in [-0.15, -0.1) is 0 Å². The molecule has 0 radical (unpaired) electrons. The van der Waals surface area contributed by atoms with E-state index in [9.17, 15) is 18.0 Å².